The van der Waals surface area contributed by atoms with Crippen LogP contribution < -0.4 is 0 Å². The Morgan fingerprint density at radius 2 is 1.48 bits per heavy atom. The van der Waals surface area contributed by atoms with E-state index in [1.54, 1.807) is 18.2 Å². The first-order valence-electron chi connectivity index (χ1n) is 7.63. The zero-order chi connectivity index (χ0) is 15.9. The second kappa shape index (κ2) is 5.46. The van der Waals surface area contributed by atoms with Gasteiger partial charge < -0.3 is 0 Å². The van der Waals surface area contributed by atoms with Crippen molar-refractivity contribution < 1.29 is 8.09 Å². The monoisotopic (exact) mass is 325 g/mol. The largest absolute Gasteiger partial charge is 0.231 e. The van der Waals surface area contributed by atoms with E-state index in [9.17, 15) is 8.09 Å². The molecule has 0 saturated carbocycles. The topological polar surface area (TPSA) is 29.4 Å². The molecule has 0 fully saturated rings. The van der Waals surface area contributed by atoms with E-state index in [0.29, 0.717) is 12.8 Å². The molecule has 23 heavy (non-hydrogen) atoms. The smallest absolute Gasteiger partial charge is 0.211 e. The molecule has 1 atom stereocenters. The minimum Gasteiger partial charge on any atom is -0.211 e. The van der Waals surface area contributed by atoms with Crippen LogP contribution in [0, 0.1) is 0 Å². The highest BCUT2D eigenvalue weighted by molar-refractivity contribution is 7.88. The molecule has 0 N–H and O–H groups in total. The van der Waals surface area contributed by atoms with Gasteiger partial charge in [-0.25, -0.2) is 8.57 Å². The van der Waals surface area contributed by atoms with E-state index < -0.39 is 10.1 Å². The molecular weight excluding hydrogens is 309 g/mol. The normalized spacial score (nSPS) is 16.9. The molecule has 0 bridgehead atoms. The van der Waals surface area contributed by atoms with Gasteiger partial charge in [0.1, 0.15) is 0 Å². The fourth-order valence-electron chi connectivity index (χ4n) is 3.19. The van der Waals surface area contributed by atoms with E-state index in [1.807, 2.05) is 48.5 Å². The SMILES string of the molecule is O=[S@](F)(=NC1Cc2ccccc2C1)c1ccc2ccccc2c1. The first-order chi connectivity index (χ1) is 11.1. The van der Waals surface area contributed by atoms with E-state index in [2.05, 4.69) is 4.36 Å². The molecule has 4 heteroatoms. The summed E-state index contributed by atoms with van der Waals surface area (Å²) >= 11 is 0. The van der Waals surface area contributed by atoms with Crippen LogP contribution in [0.3, 0.4) is 0 Å². The summed E-state index contributed by atoms with van der Waals surface area (Å²) < 4.78 is 31.4. The number of hydrogen-bond acceptors (Lipinski definition) is 2. The fraction of sp³-hybridized carbons (Fsp3) is 0.158. The van der Waals surface area contributed by atoms with E-state index in [1.165, 1.54) is 11.1 Å². The molecule has 1 aliphatic carbocycles. The summed E-state index contributed by atoms with van der Waals surface area (Å²) in [6.07, 6.45) is 1.31. The maximum Gasteiger partial charge on any atom is 0.231 e. The number of hydrogen-bond donors (Lipinski definition) is 0. The first kappa shape index (κ1) is 14.4. The van der Waals surface area contributed by atoms with Gasteiger partial charge in [-0.15, -0.1) is 3.89 Å². The van der Waals surface area contributed by atoms with Gasteiger partial charge in [0.2, 0.25) is 10.1 Å². The third kappa shape index (κ3) is 2.75. The van der Waals surface area contributed by atoms with Gasteiger partial charge in [0, 0.05) is 0 Å². The molecule has 0 saturated heterocycles. The summed E-state index contributed by atoms with van der Waals surface area (Å²) in [5.74, 6) is 0. The van der Waals surface area contributed by atoms with Crippen molar-refractivity contribution in [1.82, 2.24) is 0 Å². The third-order valence-corrected chi connectivity index (χ3v) is 5.73. The quantitative estimate of drug-likeness (QED) is 0.627. The molecule has 0 unspecified atom stereocenters. The lowest BCUT2D eigenvalue weighted by Crippen LogP contribution is -2.07. The van der Waals surface area contributed by atoms with Crippen molar-refractivity contribution in [2.75, 3.05) is 0 Å². The van der Waals surface area contributed by atoms with Crippen LogP contribution in [0.4, 0.5) is 3.89 Å². The molecule has 116 valence electrons. The lowest BCUT2D eigenvalue weighted by Gasteiger charge is -2.07. The Bertz CT molecular complexity index is 980. The summed E-state index contributed by atoms with van der Waals surface area (Å²) in [5, 5.41) is 1.88. The molecule has 3 aromatic carbocycles. The van der Waals surface area contributed by atoms with Crippen LogP contribution in [0.5, 0.6) is 0 Å². The van der Waals surface area contributed by atoms with E-state index in [-0.39, 0.29) is 10.9 Å². The Morgan fingerprint density at radius 1 is 0.870 bits per heavy atom. The lowest BCUT2D eigenvalue weighted by molar-refractivity contribution is 0.623. The van der Waals surface area contributed by atoms with Gasteiger partial charge in [-0.05, 0) is 46.9 Å². The summed E-state index contributed by atoms with van der Waals surface area (Å²) in [5.41, 5.74) is 2.35. The molecule has 3 aromatic rings. The number of rotatable bonds is 2. The van der Waals surface area contributed by atoms with Crippen molar-refractivity contribution in [3.8, 4) is 0 Å². The van der Waals surface area contributed by atoms with Crippen LogP contribution in [-0.2, 0) is 23.0 Å². The summed E-state index contributed by atoms with van der Waals surface area (Å²) in [6.45, 7) is 0. The molecule has 0 aliphatic heterocycles. The van der Waals surface area contributed by atoms with Crippen LogP contribution in [0.25, 0.3) is 10.8 Å². The van der Waals surface area contributed by atoms with Gasteiger partial charge in [0.25, 0.3) is 0 Å². The number of fused-ring (bicyclic) bond motifs is 2. The van der Waals surface area contributed by atoms with Gasteiger partial charge in [0.15, 0.2) is 0 Å². The van der Waals surface area contributed by atoms with Gasteiger partial charge in [0.05, 0.1) is 10.9 Å². The molecule has 0 heterocycles. The summed E-state index contributed by atoms with van der Waals surface area (Å²) in [4.78, 5) is 0.159. The average molecular weight is 325 g/mol. The zero-order valence-corrected chi connectivity index (χ0v) is 13.3. The zero-order valence-electron chi connectivity index (χ0n) is 12.5. The molecule has 0 amide bonds. The van der Waals surface area contributed by atoms with Crippen LogP contribution in [0.15, 0.2) is 76.0 Å². The predicted octanol–water partition coefficient (Wildman–Crippen LogP) is 4.72. The molecule has 0 radical (unpaired) electrons. The first-order valence-corrected chi connectivity index (χ1v) is 9.05. The summed E-state index contributed by atoms with van der Waals surface area (Å²) in [6, 6.07) is 20.4. The Labute approximate surface area is 135 Å². The molecule has 0 aromatic heterocycles. The fourth-order valence-corrected chi connectivity index (χ4v) is 4.35. The van der Waals surface area contributed by atoms with Crippen molar-refractivity contribution in [1.29, 1.82) is 0 Å². The predicted molar refractivity (Wildman–Crippen MR) is 91.5 cm³/mol. The average Bonchev–Trinajstić information content (AvgIpc) is 2.95. The standard InChI is InChI=1S/C19H16FNOS/c20-23(22,19-10-9-14-5-1-2-8-17(14)13-19)21-18-11-15-6-3-4-7-16(15)12-18/h1-10,13,18H,11-12H2/t23-/m1/s1. The highest BCUT2D eigenvalue weighted by Gasteiger charge is 2.23. The van der Waals surface area contributed by atoms with E-state index in [0.717, 1.165) is 10.8 Å². The highest BCUT2D eigenvalue weighted by atomic mass is 32.3. The Hall–Kier alpha value is -2.20. The number of halogens is 1. The minimum atomic E-state index is -3.88. The molecular formula is C19H16FNOS. The Morgan fingerprint density at radius 3 is 2.17 bits per heavy atom. The maximum atomic E-state index is 14.8. The Balaban J connectivity index is 1.70. The minimum absolute atomic E-state index is 0.159. The molecule has 2 nitrogen and oxygen atoms in total. The maximum absolute atomic E-state index is 14.8. The number of nitrogens with zero attached hydrogens (tertiary/aromatic N) is 1. The van der Waals surface area contributed by atoms with Crippen molar-refractivity contribution in [3.63, 3.8) is 0 Å². The van der Waals surface area contributed by atoms with Crippen LogP contribution in [0.2, 0.25) is 0 Å². The van der Waals surface area contributed by atoms with Crippen molar-refractivity contribution in [2.24, 2.45) is 4.36 Å². The summed E-state index contributed by atoms with van der Waals surface area (Å²) in [7, 11) is -3.88. The van der Waals surface area contributed by atoms with Crippen molar-refractivity contribution in [2.45, 2.75) is 23.8 Å². The molecule has 1 aliphatic rings. The second-order valence-electron chi connectivity index (χ2n) is 5.90. The van der Waals surface area contributed by atoms with Gasteiger partial charge in [-0.3, -0.25) is 0 Å². The third-order valence-electron chi connectivity index (χ3n) is 4.33. The lowest BCUT2D eigenvalue weighted by atomic mass is 10.1. The van der Waals surface area contributed by atoms with E-state index >= 15 is 0 Å². The van der Waals surface area contributed by atoms with Crippen LogP contribution >= 0.6 is 0 Å². The molecule has 4 rings (SSSR count). The molecule has 0 spiro atoms. The van der Waals surface area contributed by atoms with Crippen molar-refractivity contribution in [3.05, 3.63) is 77.9 Å². The van der Waals surface area contributed by atoms with Crippen LogP contribution in [0.1, 0.15) is 11.1 Å². The van der Waals surface area contributed by atoms with Gasteiger partial charge >= 0.3 is 0 Å². The van der Waals surface area contributed by atoms with Crippen LogP contribution in [-0.4, -0.2) is 10.3 Å². The van der Waals surface area contributed by atoms with Crippen molar-refractivity contribution >= 4 is 20.9 Å². The second-order valence-corrected chi connectivity index (χ2v) is 7.50. The number of benzene rings is 3. The van der Waals surface area contributed by atoms with Gasteiger partial charge in [-0.1, -0.05) is 54.6 Å². The van der Waals surface area contributed by atoms with E-state index in [4.69, 9.17) is 0 Å². The highest BCUT2D eigenvalue weighted by Crippen LogP contribution is 2.28. The Kier molecular flexibility index (Phi) is 3.42. The van der Waals surface area contributed by atoms with Gasteiger partial charge in [-0.2, -0.15) is 0 Å².